The second-order valence-corrected chi connectivity index (χ2v) is 6.73. The van der Waals surface area contributed by atoms with Crippen molar-refractivity contribution >= 4 is 29.3 Å². The van der Waals surface area contributed by atoms with Gasteiger partial charge in [0.05, 0.1) is 6.42 Å². The fourth-order valence-corrected chi connectivity index (χ4v) is 2.92. The van der Waals surface area contributed by atoms with Gasteiger partial charge in [-0.05, 0) is 36.8 Å². The molecule has 2 rings (SSSR count). The summed E-state index contributed by atoms with van der Waals surface area (Å²) in [6.07, 6.45) is 0.343. The number of carbonyl (C=O) groups excluding carboxylic acids is 2. The molecule has 2 N–H and O–H groups in total. The molecule has 126 valence electrons. The third-order valence-corrected chi connectivity index (χ3v) is 4.37. The van der Waals surface area contributed by atoms with Gasteiger partial charge in [-0.1, -0.05) is 29.8 Å². The van der Waals surface area contributed by atoms with Gasteiger partial charge in [0.25, 0.3) is 0 Å². The first kappa shape index (κ1) is 18.1. The minimum Gasteiger partial charge on any atom is -0.355 e. The molecule has 24 heavy (non-hydrogen) atoms. The smallest absolute Gasteiger partial charge is 0.224 e. The molecule has 0 spiro atoms. The predicted octanol–water partition coefficient (Wildman–Crippen LogP) is 3.40. The molecular weight excluding hydrogens is 320 g/mol. The lowest BCUT2D eigenvalue weighted by atomic mass is 10.1. The zero-order valence-electron chi connectivity index (χ0n) is 14.0. The maximum Gasteiger partial charge on any atom is 0.224 e. The van der Waals surface area contributed by atoms with Gasteiger partial charge in [0.15, 0.2) is 0 Å². The predicted molar refractivity (Wildman–Crippen MR) is 99.4 cm³/mol. The SMILES string of the molecule is CC(=O)Nc1ccc(CC(=O)NCCSc2ccc(C)cc2)cc1. The third-order valence-electron chi connectivity index (χ3n) is 3.35. The molecule has 0 aliphatic rings. The highest BCUT2D eigenvalue weighted by Gasteiger charge is 2.04. The number of hydrogen-bond acceptors (Lipinski definition) is 3. The zero-order valence-corrected chi connectivity index (χ0v) is 14.8. The van der Waals surface area contributed by atoms with Crippen molar-refractivity contribution < 1.29 is 9.59 Å². The van der Waals surface area contributed by atoms with Crippen molar-refractivity contribution in [3.8, 4) is 0 Å². The molecular formula is C19H22N2O2S. The summed E-state index contributed by atoms with van der Waals surface area (Å²) in [5, 5.41) is 5.63. The molecule has 2 aromatic rings. The number of aryl methyl sites for hydroxylation is 1. The van der Waals surface area contributed by atoms with E-state index in [9.17, 15) is 9.59 Å². The number of thioether (sulfide) groups is 1. The maximum atomic E-state index is 11.9. The summed E-state index contributed by atoms with van der Waals surface area (Å²) in [6, 6.07) is 15.7. The first-order valence-electron chi connectivity index (χ1n) is 7.85. The van der Waals surface area contributed by atoms with Gasteiger partial charge in [-0.15, -0.1) is 11.8 Å². The van der Waals surface area contributed by atoms with Crippen LogP contribution in [0, 0.1) is 6.92 Å². The lowest BCUT2D eigenvalue weighted by Crippen LogP contribution is -2.27. The monoisotopic (exact) mass is 342 g/mol. The van der Waals surface area contributed by atoms with E-state index >= 15 is 0 Å². The molecule has 0 aliphatic carbocycles. The molecule has 0 atom stereocenters. The van der Waals surface area contributed by atoms with Crippen molar-refractivity contribution in [1.29, 1.82) is 0 Å². The average Bonchev–Trinajstić information content (AvgIpc) is 2.55. The molecule has 0 aliphatic heterocycles. The summed E-state index contributed by atoms with van der Waals surface area (Å²) in [5.74, 6) is 0.745. The summed E-state index contributed by atoms with van der Waals surface area (Å²) < 4.78 is 0. The summed E-state index contributed by atoms with van der Waals surface area (Å²) in [5.41, 5.74) is 2.91. The molecule has 0 unspecified atom stereocenters. The van der Waals surface area contributed by atoms with Gasteiger partial charge in [-0.2, -0.15) is 0 Å². The second kappa shape index (κ2) is 9.13. The number of carbonyl (C=O) groups is 2. The first-order valence-corrected chi connectivity index (χ1v) is 8.84. The zero-order chi connectivity index (χ0) is 17.4. The Balaban J connectivity index is 1.69. The largest absolute Gasteiger partial charge is 0.355 e. The third kappa shape index (κ3) is 6.46. The fourth-order valence-electron chi connectivity index (χ4n) is 2.15. The van der Waals surface area contributed by atoms with Crippen molar-refractivity contribution in [2.24, 2.45) is 0 Å². The van der Waals surface area contributed by atoms with Gasteiger partial charge in [-0.25, -0.2) is 0 Å². The van der Waals surface area contributed by atoms with E-state index in [4.69, 9.17) is 0 Å². The standard InChI is InChI=1S/C19H22N2O2S/c1-14-3-9-18(10-4-14)24-12-11-20-19(23)13-16-5-7-17(8-6-16)21-15(2)22/h3-10H,11-13H2,1-2H3,(H,20,23)(H,21,22). The normalized spacial score (nSPS) is 10.2. The van der Waals surface area contributed by atoms with Crippen molar-refractivity contribution in [3.05, 3.63) is 59.7 Å². The van der Waals surface area contributed by atoms with E-state index in [1.807, 2.05) is 12.1 Å². The van der Waals surface area contributed by atoms with Gasteiger partial charge in [-0.3, -0.25) is 9.59 Å². The van der Waals surface area contributed by atoms with E-state index in [1.54, 1.807) is 23.9 Å². The van der Waals surface area contributed by atoms with Crippen molar-refractivity contribution in [3.63, 3.8) is 0 Å². The highest BCUT2D eigenvalue weighted by atomic mass is 32.2. The summed E-state index contributed by atoms with van der Waals surface area (Å²) >= 11 is 1.73. The minimum atomic E-state index is -0.105. The second-order valence-electron chi connectivity index (χ2n) is 5.57. The van der Waals surface area contributed by atoms with Crippen LogP contribution in [0.5, 0.6) is 0 Å². The fraction of sp³-hybridized carbons (Fsp3) is 0.263. The highest BCUT2D eigenvalue weighted by molar-refractivity contribution is 7.99. The number of benzene rings is 2. The Hall–Kier alpha value is -2.27. The number of amides is 2. The summed E-state index contributed by atoms with van der Waals surface area (Å²) in [6.45, 7) is 4.18. The Kier molecular flexibility index (Phi) is 6.88. The average molecular weight is 342 g/mol. The molecule has 0 aromatic heterocycles. The molecule has 2 amide bonds. The van der Waals surface area contributed by atoms with Crippen LogP contribution in [0.4, 0.5) is 5.69 Å². The molecule has 2 aromatic carbocycles. The van der Waals surface area contributed by atoms with Crippen LogP contribution in [0.3, 0.4) is 0 Å². The highest BCUT2D eigenvalue weighted by Crippen LogP contribution is 2.17. The Morgan fingerprint density at radius 1 is 1.00 bits per heavy atom. The lowest BCUT2D eigenvalue weighted by Gasteiger charge is -2.07. The van der Waals surface area contributed by atoms with E-state index in [2.05, 4.69) is 41.8 Å². The van der Waals surface area contributed by atoms with Crippen LogP contribution in [0.25, 0.3) is 0 Å². The minimum absolute atomic E-state index is 0.00628. The van der Waals surface area contributed by atoms with E-state index < -0.39 is 0 Å². The molecule has 0 saturated heterocycles. The number of nitrogens with one attached hydrogen (secondary N) is 2. The quantitative estimate of drug-likeness (QED) is 0.599. The van der Waals surface area contributed by atoms with Gasteiger partial charge >= 0.3 is 0 Å². The van der Waals surface area contributed by atoms with Gasteiger partial charge < -0.3 is 10.6 Å². The van der Waals surface area contributed by atoms with Gasteiger partial charge in [0, 0.05) is 29.8 Å². The Labute approximate surface area is 147 Å². The number of rotatable bonds is 7. The lowest BCUT2D eigenvalue weighted by molar-refractivity contribution is -0.120. The molecule has 0 fully saturated rings. The number of hydrogen-bond donors (Lipinski definition) is 2. The number of anilines is 1. The van der Waals surface area contributed by atoms with Crippen LogP contribution >= 0.6 is 11.8 Å². The topological polar surface area (TPSA) is 58.2 Å². The van der Waals surface area contributed by atoms with E-state index in [0.29, 0.717) is 13.0 Å². The van der Waals surface area contributed by atoms with Gasteiger partial charge in [0.1, 0.15) is 0 Å². The molecule has 0 bridgehead atoms. The first-order chi connectivity index (χ1) is 11.5. The van der Waals surface area contributed by atoms with E-state index in [-0.39, 0.29) is 11.8 Å². The van der Waals surface area contributed by atoms with Gasteiger partial charge in [0.2, 0.25) is 11.8 Å². The summed E-state index contributed by atoms with van der Waals surface area (Å²) in [4.78, 5) is 24.1. The van der Waals surface area contributed by atoms with Crippen molar-refractivity contribution in [1.82, 2.24) is 5.32 Å². The van der Waals surface area contributed by atoms with Crippen LogP contribution in [0.1, 0.15) is 18.1 Å². The molecule has 0 saturated carbocycles. The van der Waals surface area contributed by atoms with E-state index in [0.717, 1.165) is 17.0 Å². The van der Waals surface area contributed by atoms with Crippen LogP contribution in [0.15, 0.2) is 53.4 Å². The molecule has 0 heterocycles. The maximum absolute atomic E-state index is 11.9. The molecule has 5 heteroatoms. The van der Waals surface area contributed by atoms with E-state index in [1.165, 1.54) is 17.4 Å². The Morgan fingerprint density at radius 2 is 1.67 bits per heavy atom. The van der Waals surface area contributed by atoms with Crippen LogP contribution in [-0.4, -0.2) is 24.1 Å². The molecule has 4 nitrogen and oxygen atoms in total. The Morgan fingerprint density at radius 3 is 2.29 bits per heavy atom. The molecule has 0 radical (unpaired) electrons. The van der Waals surface area contributed by atoms with Crippen molar-refractivity contribution in [2.75, 3.05) is 17.6 Å². The van der Waals surface area contributed by atoms with Crippen molar-refractivity contribution in [2.45, 2.75) is 25.2 Å². The van der Waals surface area contributed by atoms with Crippen LogP contribution in [-0.2, 0) is 16.0 Å². The Bertz CT molecular complexity index is 682. The van der Waals surface area contributed by atoms with Crippen LogP contribution < -0.4 is 10.6 Å². The summed E-state index contributed by atoms with van der Waals surface area (Å²) in [7, 11) is 0. The van der Waals surface area contributed by atoms with Crippen LogP contribution in [0.2, 0.25) is 0 Å².